The number of nitrogens with one attached hydrogen (secondary N) is 1. The number of carbonyl (C=O) groups excluding carboxylic acids is 1. The Morgan fingerprint density at radius 1 is 1.10 bits per heavy atom. The van der Waals surface area contributed by atoms with Gasteiger partial charge in [0.25, 0.3) is 0 Å². The van der Waals surface area contributed by atoms with E-state index < -0.39 is 0 Å². The van der Waals surface area contributed by atoms with Gasteiger partial charge in [-0.2, -0.15) is 0 Å². The second kappa shape index (κ2) is 7.09. The van der Waals surface area contributed by atoms with Crippen LogP contribution in [-0.2, 0) is 0 Å². The van der Waals surface area contributed by atoms with Crippen molar-refractivity contribution in [3.8, 4) is 0 Å². The highest BCUT2D eigenvalue weighted by molar-refractivity contribution is 6.30. The van der Waals surface area contributed by atoms with Crippen molar-refractivity contribution in [3.63, 3.8) is 0 Å². The van der Waals surface area contributed by atoms with Crippen molar-refractivity contribution >= 4 is 17.4 Å². The van der Waals surface area contributed by atoms with Gasteiger partial charge in [0.05, 0.1) is 0 Å². The molecule has 0 bridgehead atoms. The predicted molar refractivity (Wildman–Crippen MR) is 87.5 cm³/mol. The predicted octanol–water partition coefficient (Wildman–Crippen LogP) is 4.78. The van der Waals surface area contributed by atoms with Gasteiger partial charge in [-0.1, -0.05) is 41.9 Å². The minimum Gasteiger partial charge on any atom is -0.382 e. The minimum atomic E-state index is -0.0306. The van der Waals surface area contributed by atoms with E-state index in [0.717, 1.165) is 5.70 Å². The van der Waals surface area contributed by atoms with Crippen LogP contribution in [0, 0.1) is 0 Å². The van der Waals surface area contributed by atoms with Crippen molar-refractivity contribution in [2.24, 2.45) is 0 Å². The highest BCUT2D eigenvalue weighted by atomic mass is 35.5. The van der Waals surface area contributed by atoms with E-state index in [-0.39, 0.29) is 11.8 Å². The number of allylic oxidation sites excluding steroid dienone is 2. The molecule has 1 atom stereocenters. The van der Waals surface area contributed by atoms with E-state index in [1.807, 2.05) is 25.1 Å². The van der Waals surface area contributed by atoms with Gasteiger partial charge in [-0.05, 0) is 43.7 Å². The molecule has 1 unspecified atom stereocenters. The second-order valence-corrected chi connectivity index (χ2v) is 5.41. The van der Waals surface area contributed by atoms with Gasteiger partial charge in [-0.15, -0.1) is 0 Å². The number of ketones is 1. The SMILES string of the molecule is CC(=CC(=O)c1ccc(Cl)cc1)NC(C)c1ccccc1. The zero-order valence-electron chi connectivity index (χ0n) is 12.1. The molecule has 0 saturated carbocycles. The number of halogens is 1. The van der Waals surface area contributed by atoms with Gasteiger partial charge in [-0.25, -0.2) is 0 Å². The van der Waals surface area contributed by atoms with Crippen LogP contribution in [0.25, 0.3) is 0 Å². The van der Waals surface area contributed by atoms with Crippen LogP contribution in [0.2, 0.25) is 5.02 Å². The van der Waals surface area contributed by atoms with Gasteiger partial charge >= 0.3 is 0 Å². The van der Waals surface area contributed by atoms with Crippen LogP contribution in [0.5, 0.6) is 0 Å². The summed E-state index contributed by atoms with van der Waals surface area (Å²) in [7, 11) is 0. The van der Waals surface area contributed by atoms with E-state index in [2.05, 4.69) is 24.4 Å². The van der Waals surface area contributed by atoms with Crippen LogP contribution < -0.4 is 5.32 Å². The number of carbonyl (C=O) groups is 1. The van der Waals surface area contributed by atoms with E-state index in [1.165, 1.54) is 5.56 Å². The van der Waals surface area contributed by atoms with Crippen molar-refractivity contribution in [3.05, 3.63) is 82.5 Å². The summed E-state index contributed by atoms with van der Waals surface area (Å²) in [5.41, 5.74) is 2.66. The van der Waals surface area contributed by atoms with Crippen LogP contribution in [0.4, 0.5) is 0 Å². The Morgan fingerprint density at radius 3 is 2.33 bits per heavy atom. The smallest absolute Gasteiger partial charge is 0.187 e. The molecule has 0 aromatic heterocycles. The maximum Gasteiger partial charge on any atom is 0.187 e. The average Bonchev–Trinajstić information content (AvgIpc) is 2.48. The zero-order chi connectivity index (χ0) is 15.2. The lowest BCUT2D eigenvalue weighted by atomic mass is 10.1. The fraction of sp³-hybridized carbons (Fsp3) is 0.167. The largest absolute Gasteiger partial charge is 0.382 e. The Kier molecular flexibility index (Phi) is 5.18. The van der Waals surface area contributed by atoms with E-state index in [4.69, 9.17) is 11.6 Å². The van der Waals surface area contributed by atoms with Crippen molar-refractivity contribution < 1.29 is 4.79 Å². The first-order valence-corrected chi connectivity index (χ1v) is 7.24. The topological polar surface area (TPSA) is 29.1 Å². The first kappa shape index (κ1) is 15.3. The van der Waals surface area contributed by atoms with Gasteiger partial charge in [0, 0.05) is 28.4 Å². The molecule has 2 aromatic carbocycles. The van der Waals surface area contributed by atoms with Gasteiger partial charge in [-0.3, -0.25) is 4.79 Å². The third-order valence-corrected chi connectivity index (χ3v) is 3.47. The second-order valence-electron chi connectivity index (χ2n) is 4.98. The molecule has 21 heavy (non-hydrogen) atoms. The molecule has 1 N–H and O–H groups in total. The molecule has 0 radical (unpaired) electrons. The minimum absolute atomic E-state index is 0.0306. The molecule has 3 heteroatoms. The lowest BCUT2D eigenvalue weighted by Crippen LogP contribution is -2.17. The molecule has 0 aliphatic heterocycles. The molecule has 0 aliphatic rings. The lowest BCUT2D eigenvalue weighted by Gasteiger charge is -2.15. The quantitative estimate of drug-likeness (QED) is 0.636. The van der Waals surface area contributed by atoms with Crippen molar-refractivity contribution in [1.29, 1.82) is 0 Å². The van der Waals surface area contributed by atoms with Crippen molar-refractivity contribution in [2.75, 3.05) is 0 Å². The number of hydrogen-bond donors (Lipinski definition) is 1. The summed E-state index contributed by atoms with van der Waals surface area (Å²) in [4.78, 5) is 12.1. The molecular formula is C18H18ClNO. The third kappa shape index (κ3) is 4.47. The Labute approximate surface area is 130 Å². The summed E-state index contributed by atoms with van der Waals surface area (Å²) in [6.45, 7) is 3.96. The number of hydrogen-bond acceptors (Lipinski definition) is 2. The maximum absolute atomic E-state index is 12.1. The summed E-state index contributed by atoms with van der Waals surface area (Å²) >= 11 is 5.82. The molecule has 0 aliphatic carbocycles. The molecule has 0 saturated heterocycles. The third-order valence-electron chi connectivity index (χ3n) is 3.22. The van der Waals surface area contributed by atoms with E-state index in [0.29, 0.717) is 10.6 Å². The summed E-state index contributed by atoms with van der Waals surface area (Å²) < 4.78 is 0. The monoisotopic (exact) mass is 299 g/mol. The molecule has 2 aromatic rings. The highest BCUT2D eigenvalue weighted by Crippen LogP contribution is 2.14. The highest BCUT2D eigenvalue weighted by Gasteiger charge is 2.06. The molecule has 2 nitrogen and oxygen atoms in total. The Morgan fingerprint density at radius 2 is 1.71 bits per heavy atom. The van der Waals surface area contributed by atoms with Crippen LogP contribution in [0.15, 0.2) is 66.4 Å². The molecule has 2 rings (SSSR count). The molecule has 0 spiro atoms. The molecular weight excluding hydrogens is 282 g/mol. The molecule has 108 valence electrons. The van der Waals surface area contributed by atoms with Crippen LogP contribution in [0.3, 0.4) is 0 Å². The Bertz CT molecular complexity index is 632. The summed E-state index contributed by atoms with van der Waals surface area (Å²) in [6, 6.07) is 17.2. The van der Waals surface area contributed by atoms with Crippen molar-refractivity contribution in [2.45, 2.75) is 19.9 Å². The van der Waals surface area contributed by atoms with Gasteiger partial charge in [0.2, 0.25) is 0 Å². The summed E-state index contributed by atoms with van der Waals surface area (Å²) in [5, 5.41) is 3.95. The van der Waals surface area contributed by atoms with Crippen LogP contribution in [0.1, 0.15) is 35.8 Å². The molecule has 0 fully saturated rings. The first-order valence-electron chi connectivity index (χ1n) is 6.86. The standard InChI is InChI=1S/C18H18ClNO/c1-13(20-14(2)15-6-4-3-5-7-15)12-18(21)16-8-10-17(19)11-9-16/h3-12,14,20H,1-2H3. The lowest BCUT2D eigenvalue weighted by molar-refractivity contribution is 0.104. The summed E-state index contributed by atoms with van der Waals surface area (Å²) in [5.74, 6) is -0.0306. The Balaban J connectivity index is 2.04. The fourth-order valence-electron chi connectivity index (χ4n) is 2.10. The van der Waals surface area contributed by atoms with Crippen molar-refractivity contribution in [1.82, 2.24) is 5.32 Å². The fourth-order valence-corrected chi connectivity index (χ4v) is 2.23. The average molecular weight is 300 g/mol. The number of rotatable bonds is 5. The maximum atomic E-state index is 12.1. The Hall–Kier alpha value is -2.06. The number of benzene rings is 2. The van der Waals surface area contributed by atoms with E-state index in [9.17, 15) is 4.79 Å². The normalized spacial score (nSPS) is 12.8. The van der Waals surface area contributed by atoms with Crippen LogP contribution in [-0.4, -0.2) is 5.78 Å². The molecule has 0 heterocycles. The van der Waals surface area contributed by atoms with Gasteiger partial charge in [0.15, 0.2) is 5.78 Å². The van der Waals surface area contributed by atoms with E-state index in [1.54, 1.807) is 30.3 Å². The van der Waals surface area contributed by atoms with Crippen LogP contribution >= 0.6 is 11.6 Å². The summed E-state index contributed by atoms with van der Waals surface area (Å²) in [6.07, 6.45) is 1.61. The van der Waals surface area contributed by atoms with E-state index >= 15 is 0 Å². The first-order chi connectivity index (χ1) is 10.1. The zero-order valence-corrected chi connectivity index (χ0v) is 12.9. The molecule has 0 amide bonds. The van der Waals surface area contributed by atoms with Gasteiger partial charge in [0.1, 0.15) is 0 Å². The van der Waals surface area contributed by atoms with Gasteiger partial charge < -0.3 is 5.32 Å².